The molecule has 0 N–H and O–H groups in total. The zero-order chi connectivity index (χ0) is 24.7. The van der Waals surface area contributed by atoms with Gasteiger partial charge in [0.05, 0.1) is 11.4 Å². The van der Waals surface area contributed by atoms with E-state index in [0.29, 0.717) is 0 Å². The molecule has 4 bridgehead atoms. The van der Waals surface area contributed by atoms with Crippen molar-refractivity contribution in [3.63, 3.8) is 0 Å². The number of anilines is 2. The van der Waals surface area contributed by atoms with E-state index < -0.39 is 5.41 Å². The minimum absolute atomic E-state index is 0.189. The van der Waals surface area contributed by atoms with Crippen LogP contribution in [0.4, 0.5) is 11.4 Å². The van der Waals surface area contributed by atoms with Gasteiger partial charge >= 0.3 is 0 Å². The SMILES string of the molecule is CC1(C)C(=O)N2c3ccc(cc3)CSCCCCCCCCCCSCc3ccc(cc3)N2C1=O. The lowest BCUT2D eigenvalue weighted by molar-refractivity contribution is -0.132. The first-order chi connectivity index (χ1) is 17.0. The third-order valence-electron chi connectivity index (χ3n) is 6.88. The molecule has 0 radical (unpaired) electrons. The van der Waals surface area contributed by atoms with E-state index in [2.05, 4.69) is 24.3 Å². The average Bonchev–Trinajstić information content (AvgIpc) is 3.04. The first kappa shape index (κ1) is 26.2. The molecule has 6 heteroatoms. The summed E-state index contributed by atoms with van der Waals surface area (Å²) >= 11 is 3.96. The van der Waals surface area contributed by atoms with Crippen molar-refractivity contribution in [2.24, 2.45) is 5.41 Å². The van der Waals surface area contributed by atoms with Crippen molar-refractivity contribution in [1.82, 2.24) is 0 Å². The fraction of sp³-hybridized carbons (Fsp3) is 0.517. The van der Waals surface area contributed by atoms with Crippen molar-refractivity contribution >= 4 is 46.7 Å². The lowest BCUT2D eigenvalue weighted by Crippen LogP contribution is -2.41. The maximum Gasteiger partial charge on any atom is 0.261 e. The normalized spacial score (nSPS) is 20.6. The predicted molar refractivity (Wildman–Crippen MR) is 151 cm³/mol. The number of thioether (sulfide) groups is 2. The molecule has 0 atom stereocenters. The fourth-order valence-corrected chi connectivity index (χ4v) is 6.55. The third-order valence-corrected chi connectivity index (χ3v) is 9.11. The Morgan fingerprint density at radius 2 is 0.914 bits per heavy atom. The van der Waals surface area contributed by atoms with Crippen molar-refractivity contribution in [3.05, 3.63) is 59.7 Å². The summed E-state index contributed by atoms with van der Waals surface area (Å²) in [6, 6.07) is 16.2. The van der Waals surface area contributed by atoms with Crippen LogP contribution >= 0.6 is 23.5 Å². The van der Waals surface area contributed by atoms with E-state index >= 15 is 0 Å². The quantitative estimate of drug-likeness (QED) is 0.342. The van der Waals surface area contributed by atoms with Gasteiger partial charge in [0, 0.05) is 11.5 Å². The van der Waals surface area contributed by atoms with Gasteiger partial charge in [0.1, 0.15) is 5.41 Å². The molecule has 0 unspecified atom stereocenters. The van der Waals surface area contributed by atoms with Crippen LogP contribution in [0.5, 0.6) is 0 Å². The maximum atomic E-state index is 13.3. The van der Waals surface area contributed by atoms with Crippen LogP contribution in [0.3, 0.4) is 0 Å². The zero-order valence-corrected chi connectivity index (χ0v) is 22.8. The fourth-order valence-electron chi connectivity index (χ4n) is 4.58. The van der Waals surface area contributed by atoms with Crippen LogP contribution in [0.15, 0.2) is 48.5 Å². The summed E-state index contributed by atoms with van der Waals surface area (Å²) < 4.78 is 0. The summed E-state index contributed by atoms with van der Waals surface area (Å²) in [7, 11) is 0. The molecule has 0 spiro atoms. The van der Waals surface area contributed by atoms with E-state index in [1.807, 2.05) is 47.8 Å². The average molecular weight is 511 g/mol. The molecule has 0 saturated carbocycles. The highest BCUT2D eigenvalue weighted by Crippen LogP contribution is 2.38. The lowest BCUT2D eigenvalue weighted by atomic mass is 9.93. The summed E-state index contributed by atoms with van der Waals surface area (Å²) in [5, 5.41) is 3.11. The summed E-state index contributed by atoms with van der Waals surface area (Å²) in [5.74, 6) is 3.95. The van der Waals surface area contributed by atoms with E-state index in [1.54, 1.807) is 23.9 Å². The molecule has 188 valence electrons. The minimum atomic E-state index is -1.09. The maximum absolute atomic E-state index is 13.3. The number of carbonyl (C=O) groups excluding carboxylic acids is 2. The zero-order valence-electron chi connectivity index (χ0n) is 21.1. The number of rotatable bonds is 0. The minimum Gasteiger partial charge on any atom is -0.271 e. The molecule has 4 aliphatic heterocycles. The summed E-state index contributed by atoms with van der Waals surface area (Å²) in [5.41, 5.74) is 2.87. The van der Waals surface area contributed by atoms with Crippen LogP contribution in [0.25, 0.3) is 0 Å². The topological polar surface area (TPSA) is 40.6 Å². The molecule has 1 fully saturated rings. The van der Waals surface area contributed by atoms with E-state index in [1.165, 1.54) is 74.0 Å². The van der Waals surface area contributed by atoms with Gasteiger partial charge in [-0.05, 0) is 73.6 Å². The number of nitrogens with zero attached hydrogens (tertiary/aromatic N) is 2. The Bertz CT molecular complexity index is 909. The van der Waals surface area contributed by atoms with Gasteiger partial charge < -0.3 is 0 Å². The van der Waals surface area contributed by atoms with Crippen LogP contribution in [0.2, 0.25) is 0 Å². The van der Waals surface area contributed by atoms with Gasteiger partial charge in [0.15, 0.2) is 0 Å². The number of amides is 2. The molecule has 1 saturated heterocycles. The van der Waals surface area contributed by atoms with Gasteiger partial charge in [0.25, 0.3) is 11.8 Å². The number of carbonyl (C=O) groups is 2. The van der Waals surface area contributed by atoms with E-state index in [4.69, 9.17) is 0 Å². The third kappa shape index (κ3) is 6.45. The summed E-state index contributed by atoms with van der Waals surface area (Å²) in [6.07, 6.45) is 10.7. The second-order valence-electron chi connectivity index (χ2n) is 10.1. The van der Waals surface area contributed by atoms with Crippen molar-refractivity contribution in [2.75, 3.05) is 21.5 Å². The molecular formula is C29H38N2O2S2. The van der Waals surface area contributed by atoms with Crippen LogP contribution in [-0.4, -0.2) is 23.3 Å². The Hall–Kier alpha value is -1.92. The molecule has 2 aromatic rings. The second kappa shape index (κ2) is 12.4. The van der Waals surface area contributed by atoms with Crippen molar-refractivity contribution in [3.8, 4) is 0 Å². The van der Waals surface area contributed by atoms with Crippen molar-refractivity contribution < 1.29 is 9.59 Å². The van der Waals surface area contributed by atoms with Crippen LogP contribution < -0.4 is 10.0 Å². The molecule has 2 amide bonds. The number of hydrazine groups is 1. The number of benzene rings is 2. The molecule has 4 heterocycles. The molecule has 35 heavy (non-hydrogen) atoms. The van der Waals surface area contributed by atoms with Crippen LogP contribution in [0.1, 0.15) is 76.3 Å². The van der Waals surface area contributed by atoms with Gasteiger partial charge in [-0.3, -0.25) is 9.59 Å². The van der Waals surface area contributed by atoms with Crippen LogP contribution in [0, 0.1) is 5.41 Å². The van der Waals surface area contributed by atoms with Gasteiger partial charge in [0.2, 0.25) is 0 Å². The number of fused-ring (bicyclic) bond motifs is 2. The van der Waals surface area contributed by atoms with E-state index in [0.717, 1.165) is 22.9 Å². The lowest BCUT2D eigenvalue weighted by Gasteiger charge is -2.28. The van der Waals surface area contributed by atoms with Crippen molar-refractivity contribution in [2.45, 2.75) is 76.7 Å². The van der Waals surface area contributed by atoms with Crippen molar-refractivity contribution in [1.29, 1.82) is 0 Å². The molecule has 0 aromatic heterocycles. The molecule has 2 aromatic carbocycles. The Labute approximate surface area is 219 Å². The highest BCUT2D eigenvalue weighted by atomic mass is 32.2. The highest BCUT2D eigenvalue weighted by Gasteiger charge is 2.53. The summed E-state index contributed by atoms with van der Waals surface area (Å²) in [6.45, 7) is 3.44. The number of hydrogen-bond acceptors (Lipinski definition) is 4. The Morgan fingerprint density at radius 3 is 1.29 bits per heavy atom. The highest BCUT2D eigenvalue weighted by molar-refractivity contribution is 7.98. The predicted octanol–water partition coefficient (Wildman–Crippen LogP) is 7.61. The van der Waals surface area contributed by atoms with E-state index in [9.17, 15) is 9.59 Å². The molecule has 4 nitrogen and oxygen atoms in total. The second-order valence-corrected chi connectivity index (χ2v) is 12.3. The van der Waals surface area contributed by atoms with Gasteiger partial charge in [-0.15, -0.1) is 0 Å². The van der Waals surface area contributed by atoms with Gasteiger partial charge in [-0.25, -0.2) is 10.0 Å². The Kier molecular flexibility index (Phi) is 9.23. The molecule has 0 aliphatic carbocycles. The molecule has 4 aliphatic rings. The summed E-state index contributed by atoms with van der Waals surface area (Å²) in [4.78, 5) is 26.7. The smallest absolute Gasteiger partial charge is 0.261 e. The first-order valence-corrected chi connectivity index (χ1v) is 15.3. The van der Waals surface area contributed by atoms with Crippen LogP contribution in [-0.2, 0) is 21.1 Å². The number of hydrogen-bond donors (Lipinski definition) is 0. The Balaban J connectivity index is 1.54. The van der Waals surface area contributed by atoms with Gasteiger partial charge in [-0.1, -0.05) is 62.8 Å². The largest absolute Gasteiger partial charge is 0.271 e. The molecular weight excluding hydrogens is 472 g/mol. The van der Waals surface area contributed by atoms with Gasteiger partial charge in [-0.2, -0.15) is 23.5 Å². The standard InChI is InChI=1S/C29H38N2O2S2/c1-29(2)27(32)30-25-15-11-23(12-16-25)21-34-19-9-7-5-3-4-6-8-10-20-35-22-24-13-17-26(18-14-24)31(30)28(29)33/h11-18H,3-10,19-22H2,1-2H3. The molecule has 6 rings (SSSR count). The Morgan fingerprint density at radius 1 is 0.571 bits per heavy atom. The first-order valence-electron chi connectivity index (χ1n) is 13.0. The monoisotopic (exact) mass is 510 g/mol. The van der Waals surface area contributed by atoms with E-state index in [-0.39, 0.29) is 11.8 Å².